The van der Waals surface area contributed by atoms with Gasteiger partial charge in [0.1, 0.15) is 0 Å². The van der Waals surface area contributed by atoms with Crippen molar-refractivity contribution in [2.75, 3.05) is 44.2 Å². The topological polar surface area (TPSA) is 67.9 Å². The van der Waals surface area contributed by atoms with Gasteiger partial charge in [-0.25, -0.2) is 4.52 Å². The monoisotopic (exact) mass is 482 g/mol. The fraction of sp³-hybridized carbons (Fsp3) is 0.483. The molecule has 0 bridgehead atoms. The highest BCUT2D eigenvalue weighted by molar-refractivity contribution is 5.83. The summed E-state index contributed by atoms with van der Waals surface area (Å²) in [5, 5.41) is 13.6. The first-order chi connectivity index (χ1) is 17.5. The molecule has 1 amide bonds. The van der Waals surface area contributed by atoms with E-state index in [2.05, 4.69) is 77.4 Å². The van der Waals surface area contributed by atoms with Crippen molar-refractivity contribution in [1.29, 1.82) is 5.26 Å². The Balaban J connectivity index is 1.16. The zero-order valence-corrected chi connectivity index (χ0v) is 21.2. The average Bonchev–Trinajstić information content (AvgIpc) is 3.30. The lowest BCUT2D eigenvalue weighted by Crippen LogP contribution is -2.49. The van der Waals surface area contributed by atoms with Gasteiger partial charge in [-0.05, 0) is 62.4 Å². The Hall–Kier alpha value is -3.37. The van der Waals surface area contributed by atoms with Gasteiger partial charge in [0, 0.05) is 56.7 Å². The van der Waals surface area contributed by atoms with E-state index in [1.807, 2.05) is 15.6 Å². The van der Waals surface area contributed by atoms with E-state index in [0.29, 0.717) is 25.0 Å². The van der Waals surface area contributed by atoms with Crippen LogP contribution in [0.1, 0.15) is 38.2 Å². The third-order valence-electron chi connectivity index (χ3n) is 8.36. The zero-order chi connectivity index (χ0) is 24.8. The van der Waals surface area contributed by atoms with Crippen LogP contribution in [-0.4, -0.2) is 70.6 Å². The molecule has 2 aliphatic heterocycles. The fourth-order valence-electron chi connectivity index (χ4n) is 5.91. The molecule has 4 heterocycles. The molecule has 1 saturated carbocycles. The van der Waals surface area contributed by atoms with Gasteiger partial charge in [-0.3, -0.25) is 4.79 Å². The van der Waals surface area contributed by atoms with Crippen molar-refractivity contribution in [2.24, 2.45) is 11.8 Å². The first-order valence-corrected chi connectivity index (χ1v) is 13.3. The number of likely N-dealkylation sites (tertiary alicyclic amines) is 1. The molecule has 3 fully saturated rings. The van der Waals surface area contributed by atoms with Crippen LogP contribution in [0.5, 0.6) is 0 Å². The molecule has 3 aliphatic rings. The van der Waals surface area contributed by atoms with Gasteiger partial charge in [0.25, 0.3) is 0 Å². The minimum absolute atomic E-state index is 0.0726. The molecule has 1 unspecified atom stereocenters. The second-order valence-corrected chi connectivity index (χ2v) is 10.9. The Morgan fingerprint density at radius 3 is 2.50 bits per heavy atom. The summed E-state index contributed by atoms with van der Waals surface area (Å²) in [5.41, 5.74) is 6.05. The van der Waals surface area contributed by atoms with Crippen LogP contribution in [-0.2, 0) is 4.79 Å². The first-order valence-electron chi connectivity index (χ1n) is 13.3. The van der Waals surface area contributed by atoms with Crippen LogP contribution in [0.3, 0.4) is 0 Å². The standard InChI is InChI=1S/C29H34N6O/c1-20(2)34-10-8-23(18-34)21-3-5-22(6-4-21)25-16-28-27(7-9-31-35(28)19-25)32-11-13-33(14-12-32)29(36)26-15-24(26)17-30/h3-7,9,16,19-20,23-24,26H,8,10-15,18H2,1-2H3/t23-,24?,26+/m1/s1. The van der Waals surface area contributed by atoms with Crippen molar-refractivity contribution in [3.05, 3.63) is 54.4 Å². The number of hydrogen-bond acceptors (Lipinski definition) is 5. The van der Waals surface area contributed by atoms with Crippen molar-refractivity contribution in [3.8, 4) is 17.2 Å². The third kappa shape index (κ3) is 4.24. The van der Waals surface area contributed by atoms with Crippen LogP contribution in [0, 0.1) is 23.2 Å². The van der Waals surface area contributed by atoms with Gasteiger partial charge in [-0.1, -0.05) is 24.3 Å². The van der Waals surface area contributed by atoms with E-state index in [-0.39, 0.29) is 17.7 Å². The van der Waals surface area contributed by atoms with E-state index in [4.69, 9.17) is 5.26 Å². The number of piperazine rings is 1. The predicted octanol–water partition coefficient (Wildman–Crippen LogP) is 4.01. The number of rotatable bonds is 5. The van der Waals surface area contributed by atoms with Gasteiger partial charge >= 0.3 is 0 Å². The molecule has 7 nitrogen and oxygen atoms in total. The maximum Gasteiger partial charge on any atom is 0.227 e. The molecule has 3 aromatic rings. The number of aromatic nitrogens is 2. The number of amides is 1. The largest absolute Gasteiger partial charge is 0.366 e. The highest BCUT2D eigenvalue weighted by atomic mass is 16.2. The minimum Gasteiger partial charge on any atom is -0.366 e. The van der Waals surface area contributed by atoms with E-state index in [1.54, 1.807) is 0 Å². The summed E-state index contributed by atoms with van der Waals surface area (Å²) in [7, 11) is 0. The van der Waals surface area contributed by atoms with Gasteiger partial charge in [0.15, 0.2) is 0 Å². The molecule has 6 rings (SSSR count). The molecule has 0 radical (unpaired) electrons. The van der Waals surface area contributed by atoms with Gasteiger partial charge in [0.2, 0.25) is 5.91 Å². The van der Waals surface area contributed by atoms with Crippen LogP contribution in [0.25, 0.3) is 16.6 Å². The van der Waals surface area contributed by atoms with Crippen LogP contribution >= 0.6 is 0 Å². The number of nitriles is 1. The number of hydrogen-bond donors (Lipinski definition) is 0. The van der Waals surface area contributed by atoms with Crippen LogP contribution in [0.2, 0.25) is 0 Å². The van der Waals surface area contributed by atoms with E-state index < -0.39 is 0 Å². The summed E-state index contributed by atoms with van der Waals surface area (Å²) < 4.78 is 1.97. The molecule has 2 aromatic heterocycles. The third-order valence-corrected chi connectivity index (χ3v) is 8.36. The lowest BCUT2D eigenvalue weighted by atomic mass is 9.96. The molecule has 36 heavy (non-hydrogen) atoms. The maximum absolute atomic E-state index is 12.6. The van der Waals surface area contributed by atoms with Gasteiger partial charge < -0.3 is 14.7 Å². The summed E-state index contributed by atoms with van der Waals surface area (Å²) in [5.74, 6) is 0.635. The highest BCUT2D eigenvalue weighted by Crippen LogP contribution is 2.39. The number of benzene rings is 1. The predicted molar refractivity (Wildman–Crippen MR) is 141 cm³/mol. The van der Waals surface area contributed by atoms with Crippen molar-refractivity contribution in [1.82, 2.24) is 19.4 Å². The van der Waals surface area contributed by atoms with Crippen molar-refractivity contribution in [3.63, 3.8) is 0 Å². The molecule has 186 valence electrons. The molecule has 1 aliphatic carbocycles. The Kier molecular flexibility index (Phi) is 5.93. The van der Waals surface area contributed by atoms with E-state index >= 15 is 0 Å². The fourth-order valence-corrected chi connectivity index (χ4v) is 5.91. The van der Waals surface area contributed by atoms with Crippen molar-refractivity contribution in [2.45, 2.75) is 38.6 Å². The van der Waals surface area contributed by atoms with Crippen molar-refractivity contribution >= 4 is 17.1 Å². The summed E-state index contributed by atoms with van der Waals surface area (Å²) in [6.07, 6.45) is 5.93. The van der Waals surface area contributed by atoms with Crippen LogP contribution in [0.4, 0.5) is 5.69 Å². The Labute approximate surface area is 212 Å². The highest BCUT2D eigenvalue weighted by Gasteiger charge is 2.45. The summed E-state index contributed by atoms with van der Waals surface area (Å²) in [6.45, 7) is 9.89. The second kappa shape index (κ2) is 9.25. The summed E-state index contributed by atoms with van der Waals surface area (Å²) >= 11 is 0. The second-order valence-electron chi connectivity index (χ2n) is 10.9. The Morgan fingerprint density at radius 1 is 1.06 bits per heavy atom. The molecular formula is C29H34N6O. The molecule has 3 atom stereocenters. The number of anilines is 1. The molecule has 0 N–H and O–H groups in total. The normalized spacial score (nSPS) is 24.4. The quantitative estimate of drug-likeness (QED) is 0.550. The van der Waals surface area contributed by atoms with E-state index in [1.165, 1.54) is 29.7 Å². The number of carbonyl (C=O) groups is 1. The van der Waals surface area contributed by atoms with Crippen LogP contribution in [0.15, 0.2) is 48.8 Å². The Morgan fingerprint density at radius 2 is 1.83 bits per heavy atom. The van der Waals surface area contributed by atoms with Crippen molar-refractivity contribution < 1.29 is 4.79 Å². The Bertz CT molecular complexity index is 1300. The molecule has 1 aromatic carbocycles. The average molecular weight is 483 g/mol. The minimum atomic E-state index is -0.0727. The van der Waals surface area contributed by atoms with Crippen LogP contribution < -0.4 is 4.90 Å². The lowest BCUT2D eigenvalue weighted by Gasteiger charge is -2.36. The molecule has 7 heteroatoms. The summed E-state index contributed by atoms with van der Waals surface area (Å²) in [4.78, 5) is 19.5. The maximum atomic E-state index is 12.6. The van der Waals surface area contributed by atoms with Gasteiger partial charge in [-0.15, -0.1) is 0 Å². The molecular weight excluding hydrogens is 448 g/mol. The number of carbonyl (C=O) groups excluding carboxylic acids is 1. The SMILES string of the molecule is CC(C)N1CC[C@@H](c2ccc(-c3cc4c(N5CCN(C(=O)[C@H]6CC6C#N)CC5)ccnn4c3)cc2)C1. The number of nitrogens with zero attached hydrogens (tertiary/aromatic N) is 6. The van der Waals surface area contributed by atoms with E-state index in [0.717, 1.165) is 37.3 Å². The first kappa shape index (κ1) is 23.1. The zero-order valence-electron chi connectivity index (χ0n) is 21.2. The van der Waals surface area contributed by atoms with Gasteiger partial charge in [-0.2, -0.15) is 10.4 Å². The van der Waals surface area contributed by atoms with Gasteiger partial charge in [0.05, 0.1) is 29.1 Å². The smallest absolute Gasteiger partial charge is 0.227 e. The van der Waals surface area contributed by atoms with E-state index in [9.17, 15) is 4.79 Å². The molecule has 2 saturated heterocycles. The summed E-state index contributed by atoms with van der Waals surface area (Å²) in [6, 6.07) is 16.2. The number of fused-ring (bicyclic) bond motifs is 1. The lowest BCUT2D eigenvalue weighted by molar-refractivity contribution is -0.133. The molecule has 0 spiro atoms.